The molecule has 3 rings (SSSR count). The zero-order valence-corrected chi connectivity index (χ0v) is 19.5. The van der Waals surface area contributed by atoms with Gasteiger partial charge in [-0.2, -0.15) is 0 Å². The van der Waals surface area contributed by atoms with Crippen molar-refractivity contribution in [3.05, 3.63) is 41.8 Å². The number of halogens is 1. The number of nitrogens with one attached hydrogen (secondary N) is 2. The van der Waals surface area contributed by atoms with Crippen LogP contribution in [0.5, 0.6) is 0 Å². The number of rotatable bonds is 9. The van der Waals surface area contributed by atoms with Crippen LogP contribution in [0.15, 0.2) is 39.9 Å². The summed E-state index contributed by atoms with van der Waals surface area (Å²) < 4.78 is 16.6. The lowest BCUT2D eigenvalue weighted by Crippen LogP contribution is -2.37. The van der Waals surface area contributed by atoms with Crippen LogP contribution in [-0.2, 0) is 16.0 Å². The van der Waals surface area contributed by atoms with Crippen molar-refractivity contribution in [3.63, 3.8) is 0 Å². The van der Waals surface area contributed by atoms with Gasteiger partial charge in [0.1, 0.15) is 6.26 Å². The number of ether oxygens (including phenoxy) is 2. The van der Waals surface area contributed by atoms with E-state index < -0.39 is 0 Å². The molecule has 0 radical (unpaired) electrons. The molecule has 1 saturated heterocycles. The summed E-state index contributed by atoms with van der Waals surface area (Å²) >= 11 is 0. The fourth-order valence-corrected chi connectivity index (χ4v) is 2.96. The summed E-state index contributed by atoms with van der Waals surface area (Å²) in [5.74, 6) is 1.93. The predicted octanol–water partition coefficient (Wildman–Crippen LogP) is 3.38. The molecular weight excluding hydrogens is 483 g/mol. The van der Waals surface area contributed by atoms with Gasteiger partial charge in [0.05, 0.1) is 25.5 Å². The number of oxazole rings is 1. The lowest BCUT2D eigenvalue weighted by atomic mass is 10.1. The fourth-order valence-electron chi connectivity index (χ4n) is 2.96. The van der Waals surface area contributed by atoms with Gasteiger partial charge >= 0.3 is 0 Å². The third-order valence-corrected chi connectivity index (χ3v) is 4.65. The summed E-state index contributed by atoms with van der Waals surface area (Å²) in [6, 6.07) is 8.13. The maximum atomic E-state index is 5.71. The van der Waals surface area contributed by atoms with Gasteiger partial charge in [-0.3, -0.25) is 4.99 Å². The summed E-state index contributed by atoms with van der Waals surface area (Å²) in [5, 5.41) is 6.54. The van der Waals surface area contributed by atoms with Gasteiger partial charge in [0, 0.05) is 38.3 Å². The van der Waals surface area contributed by atoms with E-state index in [1.165, 1.54) is 5.56 Å². The van der Waals surface area contributed by atoms with Crippen molar-refractivity contribution in [1.82, 2.24) is 15.6 Å². The van der Waals surface area contributed by atoms with Crippen molar-refractivity contribution in [2.45, 2.75) is 26.3 Å². The standard InChI is InChI=1S/C21H30N4O3.HI/c1-16-4-6-18(7-5-16)20-25-19(15-28-20)12-24-21(22-2)23-9-3-10-26-13-17-8-11-27-14-17;/h4-7,15,17H,3,8-14H2,1-2H3,(H2,22,23,24);1H. The zero-order chi connectivity index (χ0) is 19.6. The van der Waals surface area contributed by atoms with Gasteiger partial charge < -0.3 is 24.5 Å². The van der Waals surface area contributed by atoms with Crippen molar-refractivity contribution in [1.29, 1.82) is 0 Å². The zero-order valence-electron chi connectivity index (χ0n) is 17.1. The van der Waals surface area contributed by atoms with Crippen LogP contribution >= 0.6 is 24.0 Å². The molecule has 1 fully saturated rings. The summed E-state index contributed by atoms with van der Waals surface area (Å²) in [6.45, 7) is 6.65. The quantitative estimate of drug-likeness (QED) is 0.231. The highest BCUT2D eigenvalue weighted by molar-refractivity contribution is 14.0. The first-order chi connectivity index (χ1) is 13.7. The molecule has 1 aromatic carbocycles. The van der Waals surface area contributed by atoms with Gasteiger partial charge in [0.2, 0.25) is 5.89 Å². The number of hydrogen-bond acceptors (Lipinski definition) is 5. The van der Waals surface area contributed by atoms with E-state index in [2.05, 4.69) is 39.7 Å². The average Bonchev–Trinajstić information content (AvgIpc) is 3.39. The highest BCUT2D eigenvalue weighted by atomic mass is 127. The van der Waals surface area contributed by atoms with Crippen LogP contribution in [0, 0.1) is 12.8 Å². The molecular formula is C21H31IN4O3. The molecule has 1 aromatic heterocycles. The summed E-state index contributed by atoms with van der Waals surface area (Å²) in [7, 11) is 1.76. The van der Waals surface area contributed by atoms with Gasteiger partial charge in [-0.1, -0.05) is 17.7 Å². The van der Waals surface area contributed by atoms with E-state index in [1.54, 1.807) is 13.3 Å². The highest BCUT2D eigenvalue weighted by Crippen LogP contribution is 2.19. The molecule has 1 atom stereocenters. The smallest absolute Gasteiger partial charge is 0.226 e. The molecule has 0 bridgehead atoms. The largest absolute Gasteiger partial charge is 0.444 e. The van der Waals surface area contributed by atoms with E-state index >= 15 is 0 Å². The van der Waals surface area contributed by atoms with Crippen molar-refractivity contribution in [3.8, 4) is 11.5 Å². The van der Waals surface area contributed by atoms with E-state index in [0.29, 0.717) is 18.4 Å². The lowest BCUT2D eigenvalue weighted by Gasteiger charge is -2.12. The average molecular weight is 514 g/mol. The molecule has 1 aliphatic rings. The number of aliphatic imine (C=N–C) groups is 1. The van der Waals surface area contributed by atoms with E-state index in [4.69, 9.17) is 13.9 Å². The van der Waals surface area contributed by atoms with E-state index in [1.807, 2.05) is 12.1 Å². The monoisotopic (exact) mass is 514 g/mol. The lowest BCUT2D eigenvalue weighted by molar-refractivity contribution is 0.0888. The Hall–Kier alpha value is -1.65. The first-order valence-corrected chi connectivity index (χ1v) is 9.86. The number of hydrogen-bond donors (Lipinski definition) is 2. The Morgan fingerprint density at radius 3 is 2.83 bits per heavy atom. The van der Waals surface area contributed by atoms with Crippen LogP contribution in [-0.4, -0.2) is 51.0 Å². The first kappa shape index (κ1) is 23.6. The minimum absolute atomic E-state index is 0. The molecule has 2 aromatic rings. The molecule has 1 unspecified atom stereocenters. The number of benzene rings is 1. The van der Waals surface area contributed by atoms with Crippen LogP contribution in [0.2, 0.25) is 0 Å². The van der Waals surface area contributed by atoms with Crippen molar-refractivity contribution < 1.29 is 13.9 Å². The Labute approximate surface area is 189 Å². The Kier molecular flexibility index (Phi) is 10.4. The molecule has 0 saturated carbocycles. The molecule has 0 amide bonds. The molecule has 160 valence electrons. The summed E-state index contributed by atoms with van der Waals surface area (Å²) in [6.07, 6.45) is 3.72. The van der Waals surface area contributed by atoms with Crippen LogP contribution in [0.25, 0.3) is 11.5 Å². The predicted molar refractivity (Wildman–Crippen MR) is 125 cm³/mol. The second kappa shape index (κ2) is 12.8. The SMILES string of the molecule is CN=C(NCCCOCC1CCOC1)NCc1coc(-c2ccc(C)cc2)n1.I. The van der Waals surface area contributed by atoms with Crippen molar-refractivity contribution in [2.24, 2.45) is 10.9 Å². The topological polar surface area (TPSA) is 80.9 Å². The second-order valence-corrected chi connectivity index (χ2v) is 7.02. The molecule has 7 nitrogen and oxygen atoms in total. The number of guanidine groups is 1. The van der Waals surface area contributed by atoms with Gasteiger partial charge in [-0.25, -0.2) is 4.98 Å². The van der Waals surface area contributed by atoms with Gasteiger partial charge in [0.25, 0.3) is 0 Å². The minimum Gasteiger partial charge on any atom is -0.444 e. The number of aromatic nitrogens is 1. The first-order valence-electron chi connectivity index (χ1n) is 9.86. The van der Waals surface area contributed by atoms with Crippen LogP contribution in [0.1, 0.15) is 24.1 Å². The maximum Gasteiger partial charge on any atom is 0.226 e. The molecule has 0 aliphatic carbocycles. The van der Waals surface area contributed by atoms with Gasteiger partial charge in [-0.05, 0) is 31.9 Å². The molecule has 2 N–H and O–H groups in total. The van der Waals surface area contributed by atoms with Crippen molar-refractivity contribution >= 4 is 29.9 Å². The Bertz CT molecular complexity index is 743. The number of nitrogens with zero attached hydrogens (tertiary/aromatic N) is 2. The summed E-state index contributed by atoms with van der Waals surface area (Å²) in [4.78, 5) is 8.77. The van der Waals surface area contributed by atoms with Crippen LogP contribution in [0.4, 0.5) is 0 Å². The summed E-state index contributed by atoms with van der Waals surface area (Å²) in [5.41, 5.74) is 3.02. The van der Waals surface area contributed by atoms with Gasteiger partial charge in [-0.15, -0.1) is 24.0 Å². The van der Waals surface area contributed by atoms with E-state index in [9.17, 15) is 0 Å². The van der Waals surface area contributed by atoms with E-state index in [0.717, 1.165) is 63.0 Å². The Balaban J connectivity index is 0.00000300. The molecule has 2 heterocycles. The minimum atomic E-state index is 0. The normalized spacial score (nSPS) is 16.5. The molecule has 29 heavy (non-hydrogen) atoms. The van der Waals surface area contributed by atoms with Crippen LogP contribution < -0.4 is 10.6 Å². The maximum absolute atomic E-state index is 5.71. The Morgan fingerprint density at radius 1 is 1.28 bits per heavy atom. The molecule has 0 spiro atoms. The van der Waals surface area contributed by atoms with Crippen LogP contribution in [0.3, 0.4) is 0 Å². The third-order valence-electron chi connectivity index (χ3n) is 4.65. The Morgan fingerprint density at radius 2 is 2.10 bits per heavy atom. The van der Waals surface area contributed by atoms with E-state index in [-0.39, 0.29) is 24.0 Å². The molecule has 1 aliphatic heterocycles. The van der Waals surface area contributed by atoms with Crippen molar-refractivity contribution in [2.75, 3.05) is 40.0 Å². The number of aryl methyl sites for hydroxylation is 1. The molecule has 8 heteroatoms. The highest BCUT2D eigenvalue weighted by Gasteiger charge is 2.15. The fraction of sp³-hybridized carbons (Fsp3) is 0.524. The third kappa shape index (κ3) is 7.94. The van der Waals surface area contributed by atoms with Gasteiger partial charge in [0.15, 0.2) is 5.96 Å². The second-order valence-electron chi connectivity index (χ2n) is 7.02.